The Morgan fingerprint density at radius 2 is 1.93 bits per heavy atom. The van der Waals surface area contributed by atoms with E-state index in [9.17, 15) is 0 Å². The minimum Gasteiger partial charge on any atom is -0.396 e. The van der Waals surface area contributed by atoms with Crippen molar-refractivity contribution >= 4 is 11.3 Å². The van der Waals surface area contributed by atoms with E-state index in [-0.39, 0.29) is 0 Å². The van der Waals surface area contributed by atoms with E-state index in [1.54, 1.807) is 0 Å². The van der Waals surface area contributed by atoms with E-state index in [0.717, 1.165) is 22.7 Å². The number of nitrogens with zero attached hydrogens (tertiary/aromatic N) is 2. The van der Waals surface area contributed by atoms with Crippen molar-refractivity contribution in [3.63, 3.8) is 0 Å². The summed E-state index contributed by atoms with van der Waals surface area (Å²) in [6.07, 6.45) is 1.97. The van der Waals surface area contributed by atoms with Gasteiger partial charge in [-0.25, -0.2) is 4.98 Å². The predicted octanol–water partition coefficient (Wildman–Crippen LogP) is 2.56. The third-order valence-corrected chi connectivity index (χ3v) is 2.16. The average Bonchev–Trinajstić information content (AvgIpc) is 2.50. The van der Waals surface area contributed by atoms with Gasteiger partial charge in [0, 0.05) is 11.9 Å². The zero-order valence-corrected chi connectivity index (χ0v) is 9.20. The highest BCUT2D eigenvalue weighted by Crippen LogP contribution is 2.15. The standard InChI is InChI=1S/C9H11N3.C2H6/c1-6-7(2)12-5-3-4-8(10)9(12)11-6;1-2/h3-5H,10H2,1-2H3;1-2H3. The number of imidazole rings is 1. The Kier molecular flexibility index (Phi) is 3.12. The van der Waals surface area contributed by atoms with Gasteiger partial charge in [0.2, 0.25) is 0 Å². The quantitative estimate of drug-likeness (QED) is 0.695. The second-order valence-corrected chi connectivity index (χ2v) is 2.94. The van der Waals surface area contributed by atoms with Gasteiger partial charge < -0.3 is 10.1 Å². The maximum absolute atomic E-state index is 5.76. The fourth-order valence-electron chi connectivity index (χ4n) is 1.32. The number of aromatic nitrogens is 2. The SMILES string of the molecule is CC.Cc1nc2c(N)cccn2c1C. The molecule has 0 fully saturated rings. The van der Waals surface area contributed by atoms with Gasteiger partial charge in [0.05, 0.1) is 11.4 Å². The number of hydrogen-bond acceptors (Lipinski definition) is 2. The molecule has 0 aliphatic rings. The summed E-state index contributed by atoms with van der Waals surface area (Å²) in [5.41, 5.74) is 9.52. The first kappa shape index (κ1) is 10.6. The summed E-state index contributed by atoms with van der Waals surface area (Å²) < 4.78 is 2.00. The van der Waals surface area contributed by atoms with Crippen LogP contribution in [0.4, 0.5) is 5.69 Å². The van der Waals surface area contributed by atoms with Crippen LogP contribution in [-0.2, 0) is 0 Å². The molecule has 0 radical (unpaired) electrons. The minimum absolute atomic E-state index is 0.730. The third-order valence-electron chi connectivity index (χ3n) is 2.16. The molecule has 0 saturated heterocycles. The Bertz CT molecular complexity index is 429. The third kappa shape index (κ3) is 1.58. The maximum Gasteiger partial charge on any atom is 0.160 e. The van der Waals surface area contributed by atoms with Gasteiger partial charge in [-0.1, -0.05) is 13.8 Å². The first-order valence-corrected chi connectivity index (χ1v) is 4.90. The molecule has 2 rings (SSSR count). The predicted molar refractivity (Wildman–Crippen MR) is 60.4 cm³/mol. The van der Waals surface area contributed by atoms with Crippen molar-refractivity contribution < 1.29 is 0 Å². The Morgan fingerprint density at radius 3 is 2.50 bits per heavy atom. The van der Waals surface area contributed by atoms with Crippen LogP contribution in [0, 0.1) is 13.8 Å². The van der Waals surface area contributed by atoms with Crippen LogP contribution in [0.15, 0.2) is 18.3 Å². The highest BCUT2D eigenvalue weighted by molar-refractivity contribution is 5.65. The smallest absolute Gasteiger partial charge is 0.160 e. The molecule has 0 aliphatic carbocycles. The van der Waals surface area contributed by atoms with E-state index in [1.807, 2.05) is 50.4 Å². The lowest BCUT2D eigenvalue weighted by atomic mass is 10.4. The second-order valence-electron chi connectivity index (χ2n) is 2.94. The van der Waals surface area contributed by atoms with Crippen LogP contribution in [0.25, 0.3) is 5.65 Å². The van der Waals surface area contributed by atoms with E-state index in [2.05, 4.69) is 4.98 Å². The molecule has 0 spiro atoms. The fraction of sp³-hybridized carbons (Fsp3) is 0.364. The van der Waals surface area contributed by atoms with Gasteiger partial charge in [-0.3, -0.25) is 0 Å². The van der Waals surface area contributed by atoms with Crippen molar-refractivity contribution in [1.29, 1.82) is 0 Å². The molecular formula is C11H17N3. The molecule has 76 valence electrons. The van der Waals surface area contributed by atoms with Crippen molar-refractivity contribution in [1.82, 2.24) is 9.38 Å². The summed E-state index contributed by atoms with van der Waals surface area (Å²) in [6.45, 7) is 8.02. The lowest BCUT2D eigenvalue weighted by Crippen LogP contribution is -1.92. The van der Waals surface area contributed by atoms with Crippen molar-refractivity contribution in [2.45, 2.75) is 27.7 Å². The van der Waals surface area contributed by atoms with Crippen molar-refractivity contribution in [3.8, 4) is 0 Å². The van der Waals surface area contributed by atoms with E-state index in [1.165, 1.54) is 0 Å². The Morgan fingerprint density at radius 1 is 1.29 bits per heavy atom. The summed E-state index contributed by atoms with van der Waals surface area (Å²) >= 11 is 0. The van der Waals surface area contributed by atoms with Gasteiger partial charge in [-0.15, -0.1) is 0 Å². The number of nitrogens with two attached hydrogens (primary N) is 1. The molecule has 2 N–H and O–H groups in total. The fourth-order valence-corrected chi connectivity index (χ4v) is 1.32. The molecule has 0 unspecified atom stereocenters. The van der Waals surface area contributed by atoms with Crippen LogP contribution >= 0.6 is 0 Å². The number of aryl methyl sites for hydroxylation is 2. The number of anilines is 1. The van der Waals surface area contributed by atoms with E-state index >= 15 is 0 Å². The molecule has 2 aromatic rings. The van der Waals surface area contributed by atoms with Gasteiger partial charge in [0.25, 0.3) is 0 Å². The molecule has 0 amide bonds. The molecule has 0 atom stereocenters. The number of pyridine rings is 1. The Hall–Kier alpha value is -1.51. The number of hydrogen-bond donors (Lipinski definition) is 1. The van der Waals surface area contributed by atoms with Crippen LogP contribution in [0.2, 0.25) is 0 Å². The first-order chi connectivity index (χ1) is 6.70. The van der Waals surface area contributed by atoms with Crippen LogP contribution in [-0.4, -0.2) is 9.38 Å². The molecular weight excluding hydrogens is 174 g/mol. The van der Waals surface area contributed by atoms with Crippen molar-refractivity contribution in [3.05, 3.63) is 29.7 Å². The van der Waals surface area contributed by atoms with Crippen LogP contribution in [0.5, 0.6) is 0 Å². The molecule has 0 aliphatic heterocycles. The zero-order chi connectivity index (χ0) is 10.7. The molecule has 0 bridgehead atoms. The highest BCUT2D eigenvalue weighted by Gasteiger charge is 2.04. The highest BCUT2D eigenvalue weighted by atomic mass is 15.0. The van der Waals surface area contributed by atoms with E-state index < -0.39 is 0 Å². The summed E-state index contributed by atoms with van der Waals surface area (Å²) in [7, 11) is 0. The molecule has 0 aromatic carbocycles. The summed E-state index contributed by atoms with van der Waals surface area (Å²) in [6, 6.07) is 3.79. The van der Waals surface area contributed by atoms with Crippen LogP contribution < -0.4 is 5.73 Å². The molecule has 2 heterocycles. The first-order valence-electron chi connectivity index (χ1n) is 4.90. The molecule has 3 nitrogen and oxygen atoms in total. The van der Waals surface area contributed by atoms with Gasteiger partial charge in [0.1, 0.15) is 0 Å². The summed E-state index contributed by atoms with van der Waals surface area (Å²) in [5.74, 6) is 0. The molecule has 2 aromatic heterocycles. The number of rotatable bonds is 0. The lowest BCUT2D eigenvalue weighted by molar-refractivity contribution is 1.10. The zero-order valence-electron chi connectivity index (χ0n) is 9.20. The normalized spacial score (nSPS) is 9.71. The topological polar surface area (TPSA) is 43.3 Å². The lowest BCUT2D eigenvalue weighted by Gasteiger charge is -1.97. The second kappa shape index (κ2) is 4.13. The van der Waals surface area contributed by atoms with Gasteiger partial charge >= 0.3 is 0 Å². The van der Waals surface area contributed by atoms with Gasteiger partial charge in [0.15, 0.2) is 5.65 Å². The molecule has 14 heavy (non-hydrogen) atoms. The van der Waals surface area contributed by atoms with Crippen molar-refractivity contribution in [2.24, 2.45) is 0 Å². The Labute approximate surface area is 84.6 Å². The van der Waals surface area contributed by atoms with E-state index in [0.29, 0.717) is 0 Å². The summed E-state index contributed by atoms with van der Waals surface area (Å²) in [5, 5.41) is 0. The minimum atomic E-state index is 0.730. The summed E-state index contributed by atoms with van der Waals surface area (Å²) in [4.78, 5) is 4.35. The monoisotopic (exact) mass is 191 g/mol. The maximum atomic E-state index is 5.76. The van der Waals surface area contributed by atoms with Crippen LogP contribution in [0.3, 0.4) is 0 Å². The van der Waals surface area contributed by atoms with Gasteiger partial charge in [-0.05, 0) is 26.0 Å². The van der Waals surface area contributed by atoms with E-state index in [4.69, 9.17) is 5.73 Å². The number of fused-ring (bicyclic) bond motifs is 1. The van der Waals surface area contributed by atoms with Crippen molar-refractivity contribution in [2.75, 3.05) is 5.73 Å². The van der Waals surface area contributed by atoms with Gasteiger partial charge in [-0.2, -0.15) is 0 Å². The average molecular weight is 191 g/mol. The molecule has 3 heteroatoms. The molecule has 0 saturated carbocycles. The number of nitrogen functional groups attached to an aromatic ring is 1. The largest absolute Gasteiger partial charge is 0.396 e. The van der Waals surface area contributed by atoms with Crippen LogP contribution in [0.1, 0.15) is 25.2 Å². The Balaban J connectivity index is 0.000000461.